The number of nitrogens with one attached hydrogen (secondary N) is 1. The van der Waals surface area contributed by atoms with E-state index in [2.05, 4.69) is 82.5 Å². The number of amides is 1. The maximum Gasteiger partial charge on any atom is 0.230 e. The Morgan fingerprint density at radius 2 is 1.55 bits per heavy atom. The predicted octanol–water partition coefficient (Wildman–Crippen LogP) is 4.95. The number of nitrogens with zero attached hydrogens (tertiary/aromatic N) is 3. The van der Waals surface area contributed by atoms with Crippen molar-refractivity contribution >= 4 is 17.7 Å². The van der Waals surface area contributed by atoms with E-state index in [9.17, 15) is 4.79 Å². The zero-order valence-electron chi connectivity index (χ0n) is 18.0. The third kappa shape index (κ3) is 4.69. The molecular formula is C25H28N4OS. The van der Waals surface area contributed by atoms with E-state index in [1.807, 2.05) is 0 Å². The molecule has 5 rings (SSSR count). The van der Waals surface area contributed by atoms with E-state index in [1.54, 1.807) is 0 Å². The first kappa shape index (κ1) is 20.3. The smallest absolute Gasteiger partial charge is 0.230 e. The zero-order valence-corrected chi connectivity index (χ0v) is 18.9. The van der Waals surface area contributed by atoms with Gasteiger partial charge in [0.25, 0.3) is 0 Å². The maximum atomic E-state index is 12.7. The molecule has 1 heterocycles. The van der Waals surface area contributed by atoms with Gasteiger partial charge in [-0.3, -0.25) is 9.36 Å². The number of carbonyl (C=O) groups is 1. The van der Waals surface area contributed by atoms with Gasteiger partial charge >= 0.3 is 0 Å². The Bertz CT molecular complexity index is 1050. The molecule has 3 aromatic rings. The molecule has 31 heavy (non-hydrogen) atoms. The monoisotopic (exact) mass is 432 g/mol. The molecule has 0 aliphatic heterocycles. The molecule has 1 aromatic heterocycles. The van der Waals surface area contributed by atoms with Crippen LogP contribution in [-0.4, -0.2) is 32.5 Å². The van der Waals surface area contributed by atoms with Gasteiger partial charge in [-0.05, 0) is 63.5 Å². The number of benzene rings is 2. The van der Waals surface area contributed by atoms with Crippen molar-refractivity contribution in [1.29, 1.82) is 0 Å². The van der Waals surface area contributed by atoms with E-state index in [-0.39, 0.29) is 5.91 Å². The lowest BCUT2D eigenvalue weighted by Gasteiger charge is -2.17. The van der Waals surface area contributed by atoms with Gasteiger partial charge < -0.3 is 5.32 Å². The molecule has 1 amide bonds. The van der Waals surface area contributed by atoms with E-state index in [4.69, 9.17) is 0 Å². The van der Waals surface area contributed by atoms with Crippen LogP contribution in [-0.2, 0) is 4.79 Å². The summed E-state index contributed by atoms with van der Waals surface area (Å²) in [4.78, 5) is 12.7. The summed E-state index contributed by atoms with van der Waals surface area (Å²) >= 11 is 1.46. The number of hydrogen-bond donors (Lipinski definition) is 1. The average Bonchev–Trinajstić information content (AvgIpc) is 3.70. The highest BCUT2D eigenvalue weighted by atomic mass is 32.2. The second kappa shape index (κ2) is 8.50. The van der Waals surface area contributed by atoms with Crippen LogP contribution in [0.15, 0.2) is 53.7 Å². The first-order valence-electron chi connectivity index (χ1n) is 11.1. The van der Waals surface area contributed by atoms with Gasteiger partial charge in [-0.25, -0.2) is 0 Å². The first-order chi connectivity index (χ1) is 15.1. The Morgan fingerprint density at radius 1 is 0.968 bits per heavy atom. The number of hydrogen-bond acceptors (Lipinski definition) is 4. The summed E-state index contributed by atoms with van der Waals surface area (Å²) in [5, 5.41) is 13.0. The van der Waals surface area contributed by atoms with Crippen LogP contribution in [0.2, 0.25) is 0 Å². The fourth-order valence-electron chi connectivity index (χ4n) is 4.07. The Labute approximate surface area is 187 Å². The second-order valence-corrected chi connectivity index (χ2v) is 9.84. The van der Waals surface area contributed by atoms with Crippen LogP contribution in [0, 0.1) is 25.7 Å². The van der Waals surface area contributed by atoms with Gasteiger partial charge in [-0.2, -0.15) is 0 Å². The zero-order chi connectivity index (χ0) is 21.4. The van der Waals surface area contributed by atoms with Crippen LogP contribution in [0.3, 0.4) is 0 Å². The lowest BCUT2D eigenvalue weighted by atomic mass is 10.1. The average molecular weight is 433 g/mol. The van der Waals surface area contributed by atoms with Crippen molar-refractivity contribution in [2.75, 3.05) is 5.75 Å². The minimum absolute atomic E-state index is 0.101. The van der Waals surface area contributed by atoms with Crippen LogP contribution in [0.25, 0.3) is 17.1 Å². The number of aromatic nitrogens is 3. The number of aryl methyl sites for hydroxylation is 2. The molecule has 0 saturated heterocycles. The van der Waals surface area contributed by atoms with Crippen molar-refractivity contribution in [2.24, 2.45) is 11.8 Å². The summed E-state index contributed by atoms with van der Waals surface area (Å²) in [5.41, 5.74) is 4.42. The number of rotatable bonds is 8. The Hall–Kier alpha value is -2.60. The first-order valence-corrected chi connectivity index (χ1v) is 12.1. The molecule has 0 radical (unpaired) electrons. The molecule has 2 aliphatic carbocycles. The third-order valence-electron chi connectivity index (χ3n) is 6.16. The van der Waals surface area contributed by atoms with Crippen LogP contribution >= 0.6 is 11.8 Å². The van der Waals surface area contributed by atoms with E-state index >= 15 is 0 Å². The summed E-state index contributed by atoms with van der Waals surface area (Å²) < 4.78 is 2.06. The highest BCUT2D eigenvalue weighted by Crippen LogP contribution is 2.44. The van der Waals surface area contributed by atoms with E-state index in [0.717, 1.165) is 22.2 Å². The van der Waals surface area contributed by atoms with Crippen LogP contribution in [0.4, 0.5) is 0 Å². The maximum absolute atomic E-state index is 12.7. The molecule has 0 atom stereocenters. The molecule has 2 fully saturated rings. The summed E-state index contributed by atoms with van der Waals surface area (Å²) in [6.45, 7) is 4.15. The number of carbonyl (C=O) groups excluding carboxylic acids is 1. The van der Waals surface area contributed by atoms with Crippen LogP contribution in [0.1, 0.15) is 36.8 Å². The molecule has 0 spiro atoms. The van der Waals surface area contributed by atoms with Crippen molar-refractivity contribution in [2.45, 2.75) is 50.7 Å². The minimum atomic E-state index is 0.101. The standard InChI is InChI=1S/C25H28N4OS/c1-16-3-7-20(8-4-16)24-27-28-25(29(24)21-13-5-17(2)6-14-21)31-15-22(30)26-23(18-9-10-18)19-11-12-19/h3-8,13-14,18-19,23H,9-12,15H2,1-2H3,(H,26,30). The largest absolute Gasteiger partial charge is 0.352 e. The van der Waals surface area contributed by atoms with E-state index in [0.29, 0.717) is 23.6 Å². The van der Waals surface area contributed by atoms with Crippen molar-refractivity contribution in [3.05, 3.63) is 59.7 Å². The Kier molecular flexibility index (Phi) is 5.57. The number of thioether (sulfide) groups is 1. The van der Waals surface area contributed by atoms with Gasteiger partial charge in [0.2, 0.25) is 5.91 Å². The van der Waals surface area contributed by atoms with Gasteiger partial charge in [0.05, 0.1) is 5.75 Å². The summed E-state index contributed by atoms with van der Waals surface area (Å²) in [6.07, 6.45) is 5.04. The van der Waals surface area contributed by atoms with Gasteiger partial charge in [0.1, 0.15) is 0 Å². The molecule has 6 heteroatoms. The van der Waals surface area contributed by atoms with Crippen LogP contribution in [0.5, 0.6) is 0 Å². The molecule has 1 N–H and O–H groups in total. The van der Waals surface area contributed by atoms with Crippen molar-refractivity contribution in [1.82, 2.24) is 20.1 Å². The summed E-state index contributed by atoms with van der Waals surface area (Å²) in [6, 6.07) is 17.0. The topological polar surface area (TPSA) is 59.8 Å². The highest BCUT2D eigenvalue weighted by molar-refractivity contribution is 7.99. The molecule has 0 unspecified atom stereocenters. The fraction of sp³-hybridized carbons (Fsp3) is 0.400. The van der Waals surface area contributed by atoms with Crippen LogP contribution < -0.4 is 5.32 Å². The van der Waals surface area contributed by atoms with Gasteiger partial charge in [-0.15, -0.1) is 10.2 Å². The second-order valence-electron chi connectivity index (χ2n) is 8.90. The fourth-order valence-corrected chi connectivity index (χ4v) is 4.83. The van der Waals surface area contributed by atoms with E-state index in [1.165, 1.54) is 48.6 Å². The summed E-state index contributed by atoms with van der Waals surface area (Å²) in [7, 11) is 0. The van der Waals surface area contributed by atoms with E-state index < -0.39 is 0 Å². The summed E-state index contributed by atoms with van der Waals surface area (Å²) in [5.74, 6) is 2.65. The molecule has 2 aromatic carbocycles. The predicted molar refractivity (Wildman–Crippen MR) is 124 cm³/mol. The molecule has 0 bridgehead atoms. The molecule has 2 aliphatic rings. The van der Waals surface area contributed by atoms with Gasteiger partial charge in [-0.1, -0.05) is 59.3 Å². The van der Waals surface area contributed by atoms with Gasteiger partial charge in [0.15, 0.2) is 11.0 Å². The molecule has 5 nitrogen and oxygen atoms in total. The normalized spacial score (nSPS) is 16.0. The van der Waals surface area contributed by atoms with Crippen molar-refractivity contribution in [3.63, 3.8) is 0 Å². The quantitative estimate of drug-likeness (QED) is 0.512. The minimum Gasteiger partial charge on any atom is -0.352 e. The lowest BCUT2D eigenvalue weighted by Crippen LogP contribution is -2.39. The van der Waals surface area contributed by atoms with Crippen molar-refractivity contribution in [3.8, 4) is 17.1 Å². The Morgan fingerprint density at radius 3 is 2.13 bits per heavy atom. The molecular weight excluding hydrogens is 404 g/mol. The molecule has 2 saturated carbocycles. The van der Waals surface area contributed by atoms with Gasteiger partial charge in [0, 0.05) is 17.3 Å². The lowest BCUT2D eigenvalue weighted by molar-refractivity contribution is -0.119. The Balaban J connectivity index is 1.38. The third-order valence-corrected chi connectivity index (χ3v) is 7.08. The van der Waals surface area contributed by atoms with Crippen molar-refractivity contribution < 1.29 is 4.79 Å². The SMILES string of the molecule is Cc1ccc(-c2nnc(SCC(=O)NC(C3CC3)C3CC3)n2-c2ccc(C)cc2)cc1. The molecule has 160 valence electrons. The highest BCUT2D eigenvalue weighted by Gasteiger charge is 2.42.